The zero-order valence-corrected chi connectivity index (χ0v) is 20.4. The van der Waals surface area contributed by atoms with E-state index in [-0.39, 0.29) is 5.91 Å². The summed E-state index contributed by atoms with van der Waals surface area (Å²) in [6.45, 7) is 4.62. The molecule has 0 spiro atoms. The summed E-state index contributed by atoms with van der Waals surface area (Å²) in [6.07, 6.45) is 3.58. The number of methoxy groups -OCH3 is 2. The standard InChI is InChI=1S/C24H28N8O3/c1-15-28-22(14-23(29-15)32-11-10-25-16(32)2)26-8-9-27-24(33)20-13-19(30-31(20)3)18-12-17(34-4)6-7-21(18)35-5/h6-7,10-14H,8-9H2,1-5H3,(H,27,33)(H,26,28,29). The number of nitrogens with zero attached hydrogens (tertiary/aromatic N) is 6. The molecule has 3 aromatic heterocycles. The van der Waals surface area contributed by atoms with Crippen LogP contribution in [0.5, 0.6) is 11.5 Å². The normalized spacial score (nSPS) is 10.8. The van der Waals surface area contributed by atoms with Crippen LogP contribution in [0.25, 0.3) is 17.1 Å². The first-order valence-electron chi connectivity index (χ1n) is 11.0. The number of nitrogens with one attached hydrogen (secondary N) is 2. The van der Waals surface area contributed by atoms with Crippen LogP contribution >= 0.6 is 0 Å². The molecular weight excluding hydrogens is 448 g/mol. The molecule has 0 aliphatic heterocycles. The molecule has 4 aromatic rings. The zero-order valence-electron chi connectivity index (χ0n) is 20.4. The third-order valence-electron chi connectivity index (χ3n) is 5.41. The van der Waals surface area contributed by atoms with Crippen LogP contribution in [0.2, 0.25) is 0 Å². The largest absolute Gasteiger partial charge is 0.497 e. The van der Waals surface area contributed by atoms with Gasteiger partial charge in [-0.25, -0.2) is 15.0 Å². The summed E-state index contributed by atoms with van der Waals surface area (Å²) >= 11 is 0. The van der Waals surface area contributed by atoms with E-state index in [4.69, 9.17) is 9.47 Å². The summed E-state index contributed by atoms with van der Waals surface area (Å²) in [7, 11) is 4.92. The first-order chi connectivity index (χ1) is 16.9. The molecule has 0 aliphatic rings. The highest BCUT2D eigenvalue weighted by Gasteiger charge is 2.17. The molecule has 0 radical (unpaired) electrons. The van der Waals surface area contributed by atoms with Gasteiger partial charge in [-0.15, -0.1) is 0 Å². The summed E-state index contributed by atoms with van der Waals surface area (Å²) in [5.41, 5.74) is 1.79. The molecule has 11 nitrogen and oxygen atoms in total. The maximum atomic E-state index is 12.8. The highest BCUT2D eigenvalue weighted by molar-refractivity contribution is 5.94. The lowest BCUT2D eigenvalue weighted by molar-refractivity contribution is 0.0945. The summed E-state index contributed by atoms with van der Waals surface area (Å²) in [4.78, 5) is 25.9. The molecule has 35 heavy (non-hydrogen) atoms. The molecule has 0 aliphatic carbocycles. The molecule has 0 fully saturated rings. The van der Waals surface area contributed by atoms with E-state index in [0.29, 0.717) is 47.6 Å². The minimum atomic E-state index is -0.233. The van der Waals surface area contributed by atoms with Gasteiger partial charge < -0.3 is 20.1 Å². The Morgan fingerprint density at radius 2 is 1.89 bits per heavy atom. The van der Waals surface area contributed by atoms with Crippen LogP contribution in [-0.2, 0) is 7.05 Å². The average molecular weight is 477 g/mol. The van der Waals surface area contributed by atoms with Gasteiger partial charge in [0, 0.05) is 44.2 Å². The lowest BCUT2D eigenvalue weighted by atomic mass is 10.1. The van der Waals surface area contributed by atoms with Gasteiger partial charge in [-0.1, -0.05) is 0 Å². The van der Waals surface area contributed by atoms with Gasteiger partial charge in [-0.05, 0) is 38.1 Å². The fourth-order valence-electron chi connectivity index (χ4n) is 3.67. The van der Waals surface area contributed by atoms with Crippen molar-refractivity contribution >= 4 is 11.7 Å². The maximum absolute atomic E-state index is 12.8. The van der Waals surface area contributed by atoms with Crippen LogP contribution in [0, 0.1) is 13.8 Å². The molecule has 0 saturated heterocycles. The average Bonchev–Trinajstić information content (AvgIpc) is 3.46. The Balaban J connectivity index is 1.40. The molecule has 0 saturated carbocycles. The lowest BCUT2D eigenvalue weighted by Gasteiger charge is -2.10. The van der Waals surface area contributed by atoms with Crippen molar-refractivity contribution in [2.24, 2.45) is 7.05 Å². The molecule has 3 heterocycles. The maximum Gasteiger partial charge on any atom is 0.269 e. The van der Waals surface area contributed by atoms with E-state index in [9.17, 15) is 4.79 Å². The van der Waals surface area contributed by atoms with Crippen molar-refractivity contribution in [1.82, 2.24) is 34.6 Å². The Morgan fingerprint density at radius 1 is 1.06 bits per heavy atom. The predicted octanol–water partition coefficient (Wildman–Crippen LogP) is 2.54. The highest BCUT2D eigenvalue weighted by Crippen LogP contribution is 2.32. The van der Waals surface area contributed by atoms with Gasteiger partial charge in [0.05, 0.1) is 19.9 Å². The van der Waals surface area contributed by atoms with Crippen molar-refractivity contribution in [3.8, 4) is 28.6 Å². The number of hydrogen-bond acceptors (Lipinski definition) is 8. The van der Waals surface area contributed by atoms with Crippen molar-refractivity contribution in [1.29, 1.82) is 0 Å². The zero-order chi connectivity index (χ0) is 24.9. The molecule has 1 amide bonds. The van der Waals surface area contributed by atoms with Crippen LogP contribution in [0.4, 0.5) is 5.82 Å². The Hall–Kier alpha value is -4.41. The number of amides is 1. The fraction of sp³-hybridized carbons (Fsp3) is 0.292. The first-order valence-corrected chi connectivity index (χ1v) is 11.0. The molecule has 0 unspecified atom stereocenters. The first kappa shape index (κ1) is 23.7. The van der Waals surface area contributed by atoms with E-state index < -0.39 is 0 Å². The van der Waals surface area contributed by atoms with E-state index in [1.807, 2.05) is 48.9 Å². The van der Waals surface area contributed by atoms with Crippen molar-refractivity contribution in [2.45, 2.75) is 13.8 Å². The van der Waals surface area contributed by atoms with Crippen molar-refractivity contribution in [2.75, 3.05) is 32.6 Å². The van der Waals surface area contributed by atoms with Crippen molar-refractivity contribution < 1.29 is 14.3 Å². The molecule has 0 atom stereocenters. The Bertz CT molecular complexity index is 1340. The number of imidazole rings is 1. The van der Waals surface area contributed by atoms with Crippen LogP contribution in [0.15, 0.2) is 42.7 Å². The Labute approximate surface area is 203 Å². The number of anilines is 1. The van der Waals surface area contributed by atoms with Crippen LogP contribution in [-0.4, -0.2) is 62.5 Å². The topological polar surface area (TPSA) is 121 Å². The number of carbonyl (C=O) groups excluding carboxylic acids is 1. The predicted molar refractivity (Wildman–Crippen MR) is 131 cm³/mol. The summed E-state index contributed by atoms with van der Waals surface area (Å²) in [5, 5.41) is 10.6. The number of aryl methyl sites for hydroxylation is 3. The number of rotatable bonds is 9. The monoisotopic (exact) mass is 476 g/mol. The van der Waals surface area contributed by atoms with E-state index >= 15 is 0 Å². The molecular formula is C24H28N8O3. The smallest absolute Gasteiger partial charge is 0.269 e. The van der Waals surface area contributed by atoms with Crippen LogP contribution in [0.1, 0.15) is 22.1 Å². The number of carbonyl (C=O) groups is 1. The number of hydrogen-bond donors (Lipinski definition) is 2. The van der Waals surface area contributed by atoms with E-state index in [1.54, 1.807) is 38.2 Å². The highest BCUT2D eigenvalue weighted by atomic mass is 16.5. The summed E-state index contributed by atoms with van der Waals surface area (Å²) in [6, 6.07) is 9.02. The third kappa shape index (κ3) is 5.24. The van der Waals surface area contributed by atoms with Gasteiger partial charge >= 0.3 is 0 Å². The van der Waals surface area contributed by atoms with Crippen LogP contribution < -0.4 is 20.1 Å². The second kappa shape index (κ2) is 10.2. The van der Waals surface area contributed by atoms with Gasteiger partial charge in [0.1, 0.15) is 40.5 Å². The Morgan fingerprint density at radius 3 is 2.60 bits per heavy atom. The van der Waals surface area contributed by atoms with E-state index in [2.05, 4.69) is 30.7 Å². The van der Waals surface area contributed by atoms with Gasteiger partial charge in [0.2, 0.25) is 0 Å². The SMILES string of the molecule is COc1ccc(OC)c(-c2cc(C(=O)NCCNc3cc(-n4ccnc4C)nc(C)n3)n(C)n2)c1. The van der Waals surface area contributed by atoms with Gasteiger partial charge in [0.15, 0.2) is 0 Å². The number of aromatic nitrogens is 6. The number of ether oxygens (including phenoxy) is 2. The number of benzene rings is 1. The van der Waals surface area contributed by atoms with E-state index in [1.165, 1.54) is 0 Å². The van der Waals surface area contributed by atoms with E-state index in [0.717, 1.165) is 17.2 Å². The minimum Gasteiger partial charge on any atom is -0.497 e. The minimum absolute atomic E-state index is 0.233. The third-order valence-corrected chi connectivity index (χ3v) is 5.41. The molecule has 4 rings (SSSR count). The Kier molecular flexibility index (Phi) is 6.95. The van der Waals surface area contributed by atoms with Crippen LogP contribution in [0.3, 0.4) is 0 Å². The quantitative estimate of drug-likeness (QED) is 0.354. The molecule has 1 aromatic carbocycles. The molecule has 2 N–H and O–H groups in total. The fourth-order valence-corrected chi connectivity index (χ4v) is 3.67. The van der Waals surface area contributed by atoms with Gasteiger partial charge in [-0.2, -0.15) is 5.10 Å². The van der Waals surface area contributed by atoms with Gasteiger partial charge in [0.25, 0.3) is 5.91 Å². The summed E-state index contributed by atoms with van der Waals surface area (Å²) < 4.78 is 14.2. The second-order valence-corrected chi connectivity index (χ2v) is 7.79. The molecule has 11 heteroatoms. The molecule has 182 valence electrons. The molecule has 0 bridgehead atoms. The second-order valence-electron chi connectivity index (χ2n) is 7.79. The van der Waals surface area contributed by atoms with Crippen molar-refractivity contribution in [3.63, 3.8) is 0 Å². The summed E-state index contributed by atoms with van der Waals surface area (Å²) in [5.74, 6) is 3.96. The van der Waals surface area contributed by atoms with Crippen molar-refractivity contribution in [3.05, 3.63) is 60.1 Å². The lowest BCUT2D eigenvalue weighted by Crippen LogP contribution is -2.30. The van der Waals surface area contributed by atoms with Gasteiger partial charge in [-0.3, -0.25) is 14.0 Å².